The zero-order valence-corrected chi connectivity index (χ0v) is 24.1. The molecule has 0 unspecified atom stereocenters. The molecule has 1 aromatic heterocycles. The fraction of sp³-hybridized carbons (Fsp3) is 0.207. The lowest BCUT2D eigenvalue weighted by Crippen LogP contribution is -2.29. The molecule has 9 nitrogen and oxygen atoms in total. The Bertz CT molecular complexity index is 1540. The van der Waals surface area contributed by atoms with Gasteiger partial charge in [0, 0.05) is 44.0 Å². The number of hydrogen-bond acceptors (Lipinski definition) is 7. The molecule has 0 atom stereocenters. The van der Waals surface area contributed by atoms with Gasteiger partial charge in [-0.2, -0.15) is 0 Å². The Labute approximate surface area is 246 Å². The largest absolute Gasteiger partial charge is 0.496 e. The minimum absolute atomic E-state index is 0.00913. The number of carbonyl (C=O) groups is 2. The quantitative estimate of drug-likeness (QED) is 0.174. The molecule has 0 saturated carbocycles. The molecule has 41 heavy (non-hydrogen) atoms. The summed E-state index contributed by atoms with van der Waals surface area (Å²) in [4.78, 5) is 27.7. The third-order valence-electron chi connectivity index (χ3n) is 6.15. The number of methoxy groups -OCH3 is 1. The van der Waals surface area contributed by atoms with Gasteiger partial charge in [0.05, 0.1) is 28.5 Å². The summed E-state index contributed by atoms with van der Waals surface area (Å²) < 4.78 is 24.1. The molecule has 0 radical (unpaired) electrons. The summed E-state index contributed by atoms with van der Waals surface area (Å²) in [5, 5.41) is 13.2. The average Bonchev–Trinajstić information content (AvgIpc) is 3.41. The van der Waals surface area contributed by atoms with Gasteiger partial charge in [0.1, 0.15) is 17.0 Å². The lowest BCUT2D eigenvalue weighted by Gasteiger charge is -2.15. The van der Waals surface area contributed by atoms with Gasteiger partial charge in [-0.25, -0.2) is 4.39 Å². The van der Waals surface area contributed by atoms with Gasteiger partial charge in [0.25, 0.3) is 11.8 Å². The van der Waals surface area contributed by atoms with E-state index < -0.39 is 12.6 Å². The zero-order chi connectivity index (χ0) is 29.5. The number of anilines is 3. The summed E-state index contributed by atoms with van der Waals surface area (Å²) in [6.07, 6.45) is 0. The van der Waals surface area contributed by atoms with E-state index in [4.69, 9.17) is 32.5 Å². The number of aromatic nitrogens is 1. The van der Waals surface area contributed by atoms with Crippen molar-refractivity contribution in [2.75, 3.05) is 49.8 Å². The normalized spacial score (nSPS) is 10.7. The van der Waals surface area contributed by atoms with Crippen LogP contribution in [0.5, 0.6) is 5.75 Å². The van der Waals surface area contributed by atoms with Crippen molar-refractivity contribution in [1.82, 2.24) is 10.5 Å². The highest BCUT2D eigenvalue weighted by molar-refractivity contribution is 6.38. The van der Waals surface area contributed by atoms with Gasteiger partial charge in [-0.15, -0.1) is 0 Å². The van der Waals surface area contributed by atoms with Crippen LogP contribution in [0.4, 0.5) is 21.5 Å². The highest BCUT2D eigenvalue weighted by Crippen LogP contribution is 2.34. The number of nitrogens with one attached hydrogen (secondary N) is 3. The van der Waals surface area contributed by atoms with Crippen molar-refractivity contribution in [2.24, 2.45) is 0 Å². The van der Waals surface area contributed by atoms with E-state index in [2.05, 4.69) is 21.1 Å². The maximum absolute atomic E-state index is 13.6. The van der Waals surface area contributed by atoms with Gasteiger partial charge in [-0.05, 0) is 48.5 Å². The second-order valence-electron chi connectivity index (χ2n) is 9.05. The molecular formula is C29H28Cl2FN5O4. The van der Waals surface area contributed by atoms with E-state index in [0.717, 1.165) is 5.69 Å². The number of alkyl halides is 1. The Morgan fingerprint density at radius 3 is 2.37 bits per heavy atom. The standard InChI is InChI=1S/C29H28Cl2FN5O4/c1-37(2)18-10-8-17(9-11-18)28(38)35-23-15-22(20(30)14-21(23)31)33-12-13-34-29(39)26-25(16-32)41-36-27(26)19-6-4-5-7-24(19)40-3/h4-11,14-15,33H,12-13,16H2,1-3H3,(H,34,39)(H,35,38). The Kier molecular flexibility index (Phi) is 9.69. The average molecular weight is 600 g/mol. The zero-order valence-electron chi connectivity index (χ0n) is 22.6. The van der Waals surface area contributed by atoms with Gasteiger partial charge < -0.3 is 30.1 Å². The fourth-order valence-corrected chi connectivity index (χ4v) is 4.52. The number of amides is 2. The fourth-order valence-electron chi connectivity index (χ4n) is 4.02. The molecule has 3 aromatic carbocycles. The third kappa shape index (κ3) is 6.90. The van der Waals surface area contributed by atoms with Crippen molar-refractivity contribution < 1.29 is 23.2 Å². The summed E-state index contributed by atoms with van der Waals surface area (Å²) in [5.41, 5.74) is 2.95. The minimum Gasteiger partial charge on any atom is -0.496 e. The highest BCUT2D eigenvalue weighted by atomic mass is 35.5. The molecule has 0 aliphatic heterocycles. The van der Waals surface area contributed by atoms with Crippen LogP contribution in [0.2, 0.25) is 10.0 Å². The van der Waals surface area contributed by atoms with E-state index in [-0.39, 0.29) is 41.0 Å². The molecule has 0 spiro atoms. The number of ether oxygens (including phenoxy) is 1. The third-order valence-corrected chi connectivity index (χ3v) is 6.78. The van der Waals surface area contributed by atoms with Crippen LogP contribution in [0, 0.1) is 0 Å². The first kappa shape index (κ1) is 29.7. The molecule has 0 aliphatic carbocycles. The number of benzene rings is 3. The predicted octanol–water partition coefficient (Wildman–Crippen LogP) is 6.29. The number of halogens is 3. The van der Waals surface area contributed by atoms with Gasteiger partial charge in [-0.3, -0.25) is 9.59 Å². The molecule has 214 valence electrons. The summed E-state index contributed by atoms with van der Waals surface area (Å²) in [7, 11) is 5.32. The van der Waals surface area contributed by atoms with Crippen molar-refractivity contribution in [3.8, 4) is 17.0 Å². The van der Waals surface area contributed by atoms with Crippen molar-refractivity contribution in [3.05, 3.63) is 87.6 Å². The summed E-state index contributed by atoms with van der Waals surface area (Å²) >= 11 is 12.7. The van der Waals surface area contributed by atoms with Crippen LogP contribution in [0.3, 0.4) is 0 Å². The highest BCUT2D eigenvalue weighted by Gasteiger charge is 2.25. The van der Waals surface area contributed by atoms with E-state index in [9.17, 15) is 14.0 Å². The molecule has 0 fully saturated rings. The molecule has 4 rings (SSSR count). The summed E-state index contributed by atoms with van der Waals surface area (Å²) in [5.74, 6) is -0.611. The number of carbonyl (C=O) groups excluding carboxylic acids is 2. The van der Waals surface area contributed by atoms with Crippen molar-refractivity contribution in [1.29, 1.82) is 0 Å². The van der Waals surface area contributed by atoms with E-state index in [0.29, 0.717) is 33.3 Å². The van der Waals surface area contributed by atoms with Crippen LogP contribution in [-0.2, 0) is 6.67 Å². The minimum atomic E-state index is -1.00. The molecule has 0 aliphatic rings. The molecule has 3 N–H and O–H groups in total. The Balaban J connectivity index is 1.41. The number of nitrogens with zero attached hydrogens (tertiary/aromatic N) is 2. The van der Waals surface area contributed by atoms with Crippen LogP contribution >= 0.6 is 23.2 Å². The molecule has 0 bridgehead atoms. The smallest absolute Gasteiger partial charge is 0.257 e. The first-order valence-electron chi connectivity index (χ1n) is 12.5. The second-order valence-corrected chi connectivity index (χ2v) is 9.87. The van der Waals surface area contributed by atoms with Crippen LogP contribution in [0.1, 0.15) is 26.5 Å². The number of para-hydroxylation sites is 1. The Hall–Kier alpha value is -4.28. The number of rotatable bonds is 11. The Morgan fingerprint density at radius 1 is 0.976 bits per heavy atom. The molecule has 12 heteroatoms. The van der Waals surface area contributed by atoms with Gasteiger partial charge in [-0.1, -0.05) is 40.5 Å². The topological polar surface area (TPSA) is 109 Å². The maximum Gasteiger partial charge on any atom is 0.257 e. The van der Waals surface area contributed by atoms with Crippen LogP contribution in [0.25, 0.3) is 11.3 Å². The first-order valence-corrected chi connectivity index (χ1v) is 13.3. The lowest BCUT2D eigenvalue weighted by molar-refractivity contribution is 0.0951. The van der Waals surface area contributed by atoms with Crippen LogP contribution in [-0.4, -0.2) is 51.3 Å². The Morgan fingerprint density at radius 2 is 1.68 bits per heavy atom. The van der Waals surface area contributed by atoms with Crippen molar-refractivity contribution in [2.45, 2.75) is 6.67 Å². The predicted molar refractivity (Wildman–Crippen MR) is 159 cm³/mol. The SMILES string of the molecule is COc1ccccc1-c1noc(CF)c1C(=O)NCCNc1cc(NC(=O)c2ccc(N(C)C)cc2)c(Cl)cc1Cl. The van der Waals surface area contributed by atoms with E-state index in [1.807, 2.05) is 31.1 Å². The summed E-state index contributed by atoms with van der Waals surface area (Å²) in [6.45, 7) is -0.593. The lowest BCUT2D eigenvalue weighted by atomic mass is 10.0. The van der Waals surface area contributed by atoms with E-state index >= 15 is 0 Å². The van der Waals surface area contributed by atoms with E-state index in [1.54, 1.807) is 42.5 Å². The molecular weight excluding hydrogens is 572 g/mol. The molecule has 1 heterocycles. The first-order chi connectivity index (χ1) is 19.7. The monoisotopic (exact) mass is 599 g/mol. The van der Waals surface area contributed by atoms with Gasteiger partial charge in [0.2, 0.25) is 0 Å². The van der Waals surface area contributed by atoms with Crippen molar-refractivity contribution in [3.63, 3.8) is 0 Å². The van der Waals surface area contributed by atoms with Crippen LogP contribution in [0.15, 0.2) is 65.2 Å². The molecule has 2 amide bonds. The number of hydrogen-bond donors (Lipinski definition) is 3. The summed E-state index contributed by atoms with van der Waals surface area (Å²) in [6, 6.07) is 17.2. The molecule has 0 saturated heterocycles. The van der Waals surface area contributed by atoms with Crippen LogP contribution < -0.4 is 25.6 Å². The molecule has 4 aromatic rings. The maximum atomic E-state index is 13.6. The second kappa shape index (κ2) is 13.4. The van der Waals surface area contributed by atoms with Crippen molar-refractivity contribution >= 4 is 52.1 Å². The van der Waals surface area contributed by atoms with E-state index in [1.165, 1.54) is 13.2 Å². The van der Waals surface area contributed by atoms with Gasteiger partial charge >= 0.3 is 0 Å². The van der Waals surface area contributed by atoms with Gasteiger partial charge in [0.15, 0.2) is 12.4 Å².